The Balaban J connectivity index is 0.000000141. The van der Waals surface area contributed by atoms with Crippen molar-refractivity contribution in [2.75, 3.05) is 33.6 Å². The lowest BCUT2D eigenvalue weighted by Gasteiger charge is -2.52. The summed E-state index contributed by atoms with van der Waals surface area (Å²) in [6, 6.07) is 11.7. The fraction of sp³-hybridized carbons (Fsp3) is 0.590. The van der Waals surface area contributed by atoms with Gasteiger partial charge in [0.2, 0.25) is 0 Å². The highest BCUT2D eigenvalue weighted by Gasteiger charge is 2.60. The molecule has 8 heterocycles. The zero-order chi connectivity index (χ0) is 36.9. The molecule has 10 aliphatic rings. The molecule has 2 spiro atoms. The number of nitrogens with zero attached hydrogens (tertiary/aromatic N) is 4. The largest absolute Gasteiger partial charge is 0.489 e. The second-order valence-electron chi connectivity index (χ2n) is 16.2. The number of amidine groups is 1. The number of carbonyl (C=O) groups excluding carboxylic acids is 2. The van der Waals surface area contributed by atoms with Crippen molar-refractivity contribution in [2.24, 2.45) is 26.5 Å². The Hall–Kier alpha value is -2.65. The third-order valence-electron chi connectivity index (χ3n) is 13.4. The van der Waals surface area contributed by atoms with Crippen LogP contribution >= 0.6 is 43.6 Å². The molecule has 14 heteroatoms. The molecular weight excluding hydrogens is 826 g/mol. The van der Waals surface area contributed by atoms with Gasteiger partial charge < -0.3 is 24.7 Å². The number of thioether (sulfide) groups is 1. The molecule has 282 valence electrons. The first-order chi connectivity index (χ1) is 25.4. The minimum absolute atomic E-state index is 0.0109. The van der Waals surface area contributed by atoms with Crippen LogP contribution in [0.3, 0.4) is 0 Å². The maximum atomic E-state index is 13.5. The van der Waals surface area contributed by atoms with E-state index in [2.05, 4.69) is 36.9 Å². The highest BCUT2D eigenvalue weighted by Crippen LogP contribution is 2.57. The highest BCUT2D eigenvalue weighted by atomic mass is 79.9. The molecule has 11 nitrogen and oxygen atoms in total. The van der Waals surface area contributed by atoms with Crippen molar-refractivity contribution in [3.8, 4) is 11.5 Å². The van der Waals surface area contributed by atoms with Crippen molar-refractivity contribution >= 4 is 66.6 Å². The van der Waals surface area contributed by atoms with Crippen LogP contribution in [0.25, 0.3) is 0 Å². The Morgan fingerprint density at radius 2 is 1.19 bits per heavy atom. The first-order valence-corrected chi connectivity index (χ1v) is 21.4. The lowest BCUT2D eigenvalue weighted by molar-refractivity contribution is -0.164. The summed E-state index contributed by atoms with van der Waals surface area (Å²) in [4.78, 5) is 39.5. The molecule has 0 aromatic heterocycles. The number of aliphatic imine (C=N–C) groups is 2. The van der Waals surface area contributed by atoms with Gasteiger partial charge in [-0.15, -0.1) is 0 Å². The first kappa shape index (κ1) is 36.0. The molecule has 2 aromatic rings. The number of carbonyl (C=O) groups is 2. The van der Waals surface area contributed by atoms with Crippen molar-refractivity contribution in [3.63, 3.8) is 0 Å². The zero-order valence-corrected chi connectivity index (χ0v) is 34.2. The topological polar surface area (TPSA) is 128 Å². The van der Waals surface area contributed by atoms with E-state index in [0.717, 1.165) is 94.7 Å². The van der Waals surface area contributed by atoms with Crippen LogP contribution in [0.15, 0.2) is 55.3 Å². The third kappa shape index (κ3) is 5.54. The van der Waals surface area contributed by atoms with E-state index in [-0.39, 0.29) is 40.8 Å². The number of guanidine groups is 1. The van der Waals surface area contributed by atoms with Gasteiger partial charge in [0.25, 0.3) is 11.8 Å². The van der Waals surface area contributed by atoms with Crippen LogP contribution in [-0.2, 0) is 30.1 Å². The molecule has 4 unspecified atom stereocenters. The van der Waals surface area contributed by atoms with Crippen molar-refractivity contribution in [2.45, 2.75) is 99.7 Å². The molecule has 53 heavy (non-hydrogen) atoms. The number of hydrogen-bond acceptors (Lipinski definition) is 10. The van der Waals surface area contributed by atoms with Crippen molar-refractivity contribution in [1.29, 1.82) is 0 Å². The Labute approximate surface area is 331 Å². The molecule has 4 saturated heterocycles. The summed E-state index contributed by atoms with van der Waals surface area (Å²) in [5.74, 6) is 1.74. The molecule has 2 aromatic carbocycles. The van der Waals surface area contributed by atoms with Crippen molar-refractivity contribution in [3.05, 3.63) is 56.5 Å². The second kappa shape index (κ2) is 13.0. The number of benzene rings is 2. The molecule has 0 radical (unpaired) electrons. The van der Waals surface area contributed by atoms with Gasteiger partial charge in [0.05, 0.1) is 25.4 Å². The van der Waals surface area contributed by atoms with E-state index < -0.39 is 11.1 Å². The smallest absolute Gasteiger partial charge is 0.261 e. The molecule has 2 N–H and O–H groups in total. The van der Waals surface area contributed by atoms with Crippen LogP contribution in [0.5, 0.6) is 11.5 Å². The highest BCUT2D eigenvalue weighted by molar-refractivity contribution is 9.10. The van der Waals surface area contributed by atoms with Crippen LogP contribution < -0.4 is 15.2 Å². The summed E-state index contributed by atoms with van der Waals surface area (Å²) in [5.41, 5.74) is 5.77. The number of amides is 2. The number of halogens is 2. The predicted molar refractivity (Wildman–Crippen MR) is 209 cm³/mol. The van der Waals surface area contributed by atoms with E-state index in [4.69, 9.17) is 29.7 Å². The maximum absolute atomic E-state index is 13.5. The fourth-order valence-corrected chi connectivity index (χ4v) is 11.5. The van der Waals surface area contributed by atoms with E-state index in [1.165, 1.54) is 16.7 Å². The second-order valence-corrected chi connectivity index (χ2v) is 18.8. The molecule has 4 atom stereocenters. The lowest BCUT2D eigenvalue weighted by Crippen LogP contribution is -2.56. The van der Waals surface area contributed by atoms with Crippen molar-refractivity contribution < 1.29 is 28.5 Å². The Morgan fingerprint density at radius 3 is 1.57 bits per heavy atom. The molecule has 6 fully saturated rings. The molecule has 8 aliphatic heterocycles. The summed E-state index contributed by atoms with van der Waals surface area (Å²) >= 11 is 8.59. The van der Waals surface area contributed by atoms with E-state index in [1.54, 1.807) is 11.9 Å². The van der Waals surface area contributed by atoms with Gasteiger partial charge in [-0.25, -0.2) is 9.98 Å². The minimum Gasteiger partial charge on any atom is -0.489 e. The van der Waals surface area contributed by atoms with Crippen LogP contribution in [0.2, 0.25) is 0 Å². The van der Waals surface area contributed by atoms with Crippen LogP contribution in [0.1, 0.15) is 75.3 Å². The molecule has 2 amide bonds. The predicted octanol–water partition coefficient (Wildman–Crippen LogP) is 6.49. The molecule has 2 saturated carbocycles. The standard InChI is InChI=1S/C20H23BrN2O3S.C19H22BrN3O3/c1-23-17(24)20(22-18(23)27-2)10-16(19-7-5-13(6-8-19)25-11-19)26-15-4-3-12(21)9-14(15)20;1-23-16(24)19(22-17(23)21)9-15(18-6-4-12(5-7-18)25-10-18)26-14-3-2-11(20)8-13(14)19/h3-4,9,13,16H,5-8,10-11H2,1-2H3;2-3,8,12,15H,4-7,9-10H2,1H3,(H2,21,22). The summed E-state index contributed by atoms with van der Waals surface area (Å²) < 4.78 is 26.9. The SMILES string of the molecule is CN1C(=O)C2(CC(C34CCC(CC3)OC4)Oc3ccc(Br)cc32)N=C1N.CSC1=NC2(CC(C34CCC(CC3)OC4)Oc3ccc(Br)cc32)C(=O)N1C. The Morgan fingerprint density at radius 1 is 0.736 bits per heavy atom. The van der Waals surface area contributed by atoms with Crippen LogP contribution in [-0.4, -0.2) is 90.7 Å². The summed E-state index contributed by atoms with van der Waals surface area (Å²) in [7, 11) is 3.51. The fourth-order valence-electron chi connectivity index (χ4n) is 10.2. The average Bonchev–Trinajstić information content (AvgIpc) is 3.56. The number of hydrogen-bond donors (Lipinski definition) is 1. The number of likely N-dealkylation sites (N-methyl/N-ethyl adjacent to an activating group) is 2. The van der Waals surface area contributed by atoms with Gasteiger partial charge in [0.15, 0.2) is 22.2 Å². The van der Waals surface area contributed by atoms with Crippen LogP contribution in [0, 0.1) is 10.8 Å². The van der Waals surface area contributed by atoms with Gasteiger partial charge in [-0.1, -0.05) is 43.6 Å². The lowest BCUT2D eigenvalue weighted by atomic mass is 9.64. The summed E-state index contributed by atoms with van der Waals surface area (Å²) in [6.07, 6.45) is 12.4. The zero-order valence-electron chi connectivity index (χ0n) is 30.2. The first-order valence-electron chi connectivity index (χ1n) is 18.6. The van der Waals surface area contributed by atoms with Crippen molar-refractivity contribution in [1.82, 2.24) is 9.80 Å². The van der Waals surface area contributed by atoms with E-state index in [1.807, 2.05) is 49.7 Å². The molecule has 2 aliphatic carbocycles. The molecule has 4 bridgehead atoms. The number of rotatable bonds is 2. The monoisotopic (exact) mass is 869 g/mol. The van der Waals surface area contributed by atoms with Gasteiger partial charge in [0.1, 0.15) is 23.7 Å². The Kier molecular flexibility index (Phi) is 8.81. The number of fused-ring (bicyclic) bond motifs is 10. The van der Waals surface area contributed by atoms with Gasteiger partial charge in [-0.05, 0) is 94.0 Å². The van der Waals surface area contributed by atoms with E-state index in [9.17, 15) is 9.59 Å². The summed E-state index contributed by atoms with van der Waals surface area (Å²) in [5, 5.41) is 0.771. The normalized spacial score (nSPS) is 37.8. The number of nitrogens with two attached hydrogens (primary N) is 1. The average molecular weight is 872 g/mol. The van der Waals surface area contributed by atoms with Crippen LogP contribution in [0.4, 0.5) is 0 Å². The van der Waals surface area contributed by atoms with Gasteiger partial charge >= 0.3 is 0 Å². The Bertz CT molecular complexity index is 1900. The summed E-state index contributed by atoms with van der Waals surface area (Å²) in [6.45, 7) is 1.43. The van der Waals surface area contributed by atoms with Gasteiger partial charge in [0, 0.05) is 57.8 Å². The maximum Gasteiger partial charge on any atom is 0.261 e. The third-order valence-corrected chi connectivity index (χ3v) is 15.1. The van der Waals surface area contributed by atoms with Gasteiger partial charge in [-0.2, -0.15) is 0 Å². The van der Waals surface area contributed by atoms with E-state index in [0.29, 0.717) is 31.7 Å². The molecular formula is C39H45Br2N5O6S. The van der Waals surface area contributed by atoms with E-state index >= 15 is 0 Å². The molecule has 12 rings (SSSR count). The quantitative estimate of drug-likeness (QED) is 0.363. The number of ether oxygens (including phenoxy) is 4. The van der Waals surface area contributed by atoms with Gasteiger partial charge in [-0.3, -0.25) is 19.4 Å². The minimum atomic E-state index is -0.996.